The van der Waals surface area contributed by atoms with Crippen molar-refractivity contribution in [2.75, 3.05) is 14.0 Å². The van der Waals surface area contributed by atoms with Gasteiger partial charge >= 0.3 is 0 Å². The second-order valence-corrected chi connectivity index (χ2v) is 4.47. The highest BCUT2D eigenvalue weighted by atomic mass is 16.6. The Morgan fingerprint density at radius 2 is 2.00 bits per heavy atom. The summed E-state index contributed by atoms with van der Waals surface area (Å²) in [7, 11) is 1.80. The van der Waals surface area contributed by atoms with Crippen LogP contribution in [0.25, 0.3) is 0 Å². The van der Waals surface area contributed by atoms with Gasteiger partial charge in [0.1, 0.15) is 24.3 Å². The van der Waals surface area contributed by atoms with E-state index in [1.807, 2.05) is 0 Å². The largest absolute Gasteiger partial charge is 0.393 e. The van der Waals surface area contributed by atoms with Gasteiger partial charge in [0, 0.05) is 12.8 Å². The molecule has 6 atom stereocenters. The predicted octanol–water partition coefficient (Wildman–Crippen LogP) is -0.264. The maximum Gasteiger partial charge on any atom is 0.142 e. The van der Waals surface area contributed by atoms with Crippen LogP contribution in [0.2, 0.25) is 0 Å². The van der Waals surface area contributed by atoms with E-state index in [-0.39, 0.29) is 34.9 Å². The molecule has 0 spiro atoms. The van der Waals surface area contributed by atoms with Crippen LogP contribution >= 0.6 is 0 Å². The maximum absolute atomic E-state index is 9.68. The van der Waals surface area contributed by atoms with Crippen LogP contribution in [0.4, 0.5) is 0 Å². The molecule has 68 valence electrons. The lowest BCUT2D eigenvalue weighted by atomic mass is 9.97. The number of likely N-dealkylation sites (N-methyl/N-ethyl adjacent to an activating group) is 1. The summed E-state index contributed by atoms with van der Waals surface area (Å²) in [5.41, 5.74) is 0. The van der Waals surface area contributed by atoms with Crippen molar-refractivity contribution in [1.29, 1.82) is 0 Å². The van der Waals surface area contributed by atoms with Gasteiger partial charge in [-0.2, -0.15) is 0 Å². The van der Waals surface area contributed by atoms with E-state index >= 15 is 0 Å². The lowest BCUT2D eigenvalue weighted by Gasteiger charge is -2.44. The van der Waals surface area contributed by atoms with Gasteiger partial charge in [0.2, 0.25) is 0 Å². The first-order valence-electron chi connectivity index (χ1n) is 6.05. The number of hydrogen-bond acceptors (Lipinski definition) is 2. The summed E-state index contributed by atoms with van der Waals surface area (Å²) in [6.07, 6.45) is 0.944. The predicted molar refractivity (Wildman–Crippen MR) is 43.6 cm³/mol. The Bertz CT molecular complexity index is 288. The number of piperidine rings is 1. The number of quaternary nitrogens is 1. The van der Waals surface area contributed by atoms with Crippen LogP contribution in [0, 0.1) is 0 Å². The minimum atomic E-state index is -1.99. The van der Waals surface area contributed by atoms with Crippen molar-refractivity contribution in [2.45, 2.75) is 43.2 Å². The number of ether oxygens (including phenoxy) is 1. The molecule has 3 aliphatic rings. The molecule has 3 heterocycles. The van der Waals surface area contributed by atoms with Crippen molar-refractivity contribution in [1.82, 2.24) is 0 Å². The lowest BCUT2D eigenvalue weighted by molar-refractivity contribution is -0.938. The van der Waals surface area contributed by atoms with Crippen molar-refractivity contribution in [3.05, 3.63) is 0 Å². The van der Waals surface area contributed by atoms with Crippen LogP contribution in [-0.2, 0) is 4.74 Å². The molecule has 0 saturated carbocycles. The number of epoxide rings is 1. The molecule has 0 aromatic carbocycles. The van der Waals surface area contributed by atoms with E-state index in [2.05, 4.69) is 0 Å². The van der Waals surface area contributed by atoms with Gasteiger partial charge in [-0.05, 0) is 0 Å². The first-order chi connectivity index (χ1) is 6.85. The van der Waals surface area contributed by atoms with Crippen LogP contribution in [0.15, 0.2) is 0 Å². The fourth-order valence-corrected chi connectivity index (χ4v) is 2.97. The summed E-state index contributed by atoms with van der Waals surface area (Å²) in [5.74, 6) is 0. The molecule has 3 nitrogen and oxygen atoms in total. The molecule has 2 bridgehead atoms. The molecule has 0 amide bonds. The second kappa shape index (κ2) is 1.86. The highest BCUT2D eigenvalue weighted by molar-refractivity contribution is 5.07. The number of rotatable bonds is 0. The molecular weight excluding hydrogens is 154 g/mol. The van der Waals surface area contributed by atoms with Gasteiger partial charge in [-0.1, -0.05) is 0 Å². The quantitative estimate of drug-likeness (QED) is 0.404. The third-order valence-corrected chi connectivity index (χ3v) is 3.72. The summed E-state index contributed by atoms with van der Waals surface area (Å²) < 4.78 is 28.6. The van der Waals surface area contributed by atoms with Crippen molar-refractivity contribution in [3.8, 4) is 0 Å². The summed E-state index contributed by atoms with van der Waals surface area (Å²) in [4.78, 5) is 0. The second-order valence-electron chi connectivity index (χ2n) is 4.47. The summed E-state index contributed by atoms with van der Waals surface area (Å²) in [6.45, 7) is -1.99. The van der Waals surface area contributed by atoms with Crippen LogP contribution < -0.4 is 0 Å². The van der Waals surface area contributed by atoms with Crippen LogP contribution in [-0.4, -0.2) is 54.0 Å². The van der Waals surface area contributed by atoms with Gasteiger partial charge in [-0.25, -0.2) is 0 Å². The van der Waals surface area contributed by atoms with E-state index in [1.54, 1.807) is 7.05 Å². The Labute approximate surface area is 76.7 Å². The molecule has 12 heavy (non-hydrogen) atoms. The van der Waals surface area contributed by atoms with E-state index in [1.165, 1.54) is 0 Å². The first-order valence-corrected chi connectivity index (χ1v) is 4.55. The fourth-order valence-electron chi connectivity index (χ4n) is 2.97. The zero-order valence-electron chi connectivity index (χ0n) is 10.1. The van der Waals surface area contributed by atoms with E-state index < -0.39 is 6.98 Å². The van der Waals surface area contributed by atoms with Gasteiger partial charge in [-0.15, -0.1) is 0 Å². The molecule has 0 radical (unpaired) electrons. The molecule has 3 fully saturated rings. The maximum atomic E-state index is 9.68. The number of aliphatic hydroxyl groups is 1. The van der Waals surface area contributed by atoms with Gasteiger partial charge in [-0.3, -0.25) is 0 Å². The van der Waals surface area contributed by atoms with E-state index in [0.29, 0.717) is 12.8 Å². The monoisotopic (exact) mass is 173 g/mol. The number of morpholine rings is 1. The summed E-state index contributed by atoms with van der Waals surface area (Å²) in [6, 6.07) is -0.0903. The average molecular weight is 173 g/mol. The number of nitrogens with zero attached hydrogens (tertiary/aromatic N) is 1. The van der Waals surface area contributed by atoms with Gasteiger partial charge < -0.3 is 14.3 Å². The topological polar surface area (TPSA) is 32.8 Å². The van der Waals surface area contributed by atoms with E-state index in [0.717, 1.165) is 0 Å². The molecule has 3 aliphatic heterocycles. The molecule has 0 aromatic heterocycles. The Kier molecular flexibility index (Phi) is 0.766. The van der Waals surface area contributed by atoms with E-state index in [9.17, 15) is 5.11 Å². The number of aliphatic hydroxyl groups excluding tert-OH is 1. The number of fused-ring (bicyclic) bond motifs is 5. The smallest absolute Gasteiger partial charge is 0.142 e. The van der Waals surface area contributed by atoms with Crippen molar-refractivity contribution in [2.24, 2.45) is 0 Å². The van der Waals surface area contributed by atoms with Crippen LogP contribution in [0.5, 0.6) is 0 Å². The molecule has 0 aliphatic carbocycles. The summed E-state index contributed by atoms with van der Waals surface area (Å²) in [5, 5.41) is 9.68. The normalized spacial score (nSPS) is 72.5. The molecule has 3 heteroatoms. The Morgan fingerprint density at radius 1 is 1.42 bits per heavy atom. The van der Waals surface area contributed by atoms with E-state index in [4.69, 9.17) is 8.85 Å². The van der Waals surface area contributed by atoms with Crippen molar-refractivity contribution >= 4 is 0 Å². The Hall–Kier alpha value is -0.120. The summed E-state index contributed by atoms with van der Waals surface area (Å²) >= 11 is 0. The number of hydrogen-bond donors (Lipinski definition) is 1. The van der Waals surface area contributed by atoms with Crippen LogP contribution in [0.1, 0.15) is 17.0 Å². The highest BCUT2D eigenvalue weighted by Gasteiger charge is 2.70. The first kappa shape index (κ1) is 4.94. The molecule has 1 N–H and O–H groups in total. The zero-order chi connectivity index (χ0) is 11.0. The Balaban J connectivity index is 1.99. The molecule has 2 unspecified atom stereocenters. The van der Waals surface area contributed by atoms with Gasteiger partial charge in [0.15, 0.2) is 0 Å². The Morgan fingerprint density at radius 3 is 2.50 bits per heavy atom. The van der Waals surface area contributed by atoms with Crippen molar-refractivity contribution in [3.63, 3.8) is 0 Å². The highest BCUT2D eigenvalue weighted by Crippen LogP contribution is 2.50. The minimum absolute atomic E-state index is 0.0451. The molecule has 3 saturated heterocycles. The van der Waals surface area contributed by atoms with Crippen molar-refractivity contribution < 1.29 is 18.4 Å². The van der Waals surface area contributed by atoms with Crippen LogP contribution in [0.3, 0.4) is 0 Å². The van der Waals surface area contributed by atoms with Gasteiger partial charge in [0.05, 0.1) is 24.2 Å². The lowest BCUT2D eigenvalue weighted by Crippen LogP contribution is -2.59. The SMILES string of the molecule is [2H]C([2H])([2H])[N+]1(C)[C@@H]2CC(O)C[C@H]1[C@@H]1O[C@@H]12. The average Bonchev–Trinajstić information content (AvgIpc) is 2.81. The minimum Gasteiger partial charge on any atom is -0.393 e. The molecule has 0 aromatic rings. The van der Waals surface area contributed by atoms with Gasteiger partial charge in [0.25, 0.3) is 0 Å². The third kappa shape index (κ3) is 0.679. The molecular formula is C9H16NO2+. The third-order valence-electron chi connectivity index (χ3n) is 3.72. The standard InChI is InChI=1S/C9H16NO2/c1-10(2)6-3-5(11)4-7(10)9-8(6)12-9/h5-9,11H,3-4H2,1-2H3/q+1/t5?,6-,7+,8-,9+/i1D3/t5?,6-,7+,8-,9+,10?. The zero-order valence-corrected chi connectivity index (χ0v) is 7.10. The molecule has 3 rings (SSSR count). The fraction of sp³-hybridized carbons (Fsp3) is 1.00.